The molecule has 2 rings (SSSR count). The second-order valence-corrected chi connectivity index (χ2v) is 4.30. The number of methoxy groups -OCH3 is 1. The predicted octanol–water partition coefficient (Wildman–Crippen LogP) is 3.96. The number of halogens is 3. The van der Waals surface area contributed by atoms with E-state index in [2.05, 4.69) is 0 Å². The summed E-state index contributed by atoms with van der Waals surface area (Å²) in [5.41, 5.74) is 1.41. The lowest BCUT2D eigenvalue weighted by Crippen LogP contribution is -2.19. The molecule has 1 atom stereocenters. The topological polar surface area (TPSA) is 29.5 Å². The second-order valence-electron chi connectivity index (χ2n) is 4.30. The molecule has 2 aromatic rings. The van der Waals surface area contributed by atoms with Gasteiger partial charge in [0.15, 0.2) is 6.10 Å². The van der Waals surface area contributed by atoms with E-state index in [0.717, 1.165) is 11.1 Å². The van der Waals surface area contributed by atoms with E-state index in [4.69, 9.17) is 9.84 Å². The van der Waals surface area contributed by atoms with Gasteiger partial charge in [-0.3, -0.25) is 0 Å². The highest BCUT2D eigenvalue weighted by atomic mass is 19.4. The summed E-state index contributed by atoms with van der Waals surface area (Å²) in [5.74, 6) is 0.668. The van der Waals surface area contributed by atoms with Gasteiger partial charge in [-0.1, -0.05) is 36.4 Å². The van der Waals surface area contributed by atoms with Crippen LogP contribution >= 0.6 is 0 Å². The van der Waals surface area contributed by atoms with Crippen molar-refractivity contribution in [1.82, 2.24) is 0 Å². The monoisotopic (exact) mass is 282 g/mol. The van der Waals surface area contributed by atoms with Gasteiger partial charge in [0, 0.05) is 0 Å². The van der Waals surface area contributed by atoms with Crippen LogP contribution < -0.4 is 4.74 Å². The van der Waals surface area contributed by atoms with Crippen molar-refractivity contribution in [2.24, 2.45) is 0 Å². The first kappa shape index (κ1) is 14.4. The van der Waals surface area contributed by atoms with Crippen molar-refractivity contribution in [3.63, 3.8) is 0 Å². The van der Waals surface area contributed by atoms with E-state index in [0.29, 0.717) is 5.75 Å². The number of rotatable bonds is 3. The molecule has 0 saturated heterocycles. The SMILES string of the molecule is COc1cccc(-c2ccc(C(O)C(F)(F)F)cc2)c1. The van der Waals surface area contributed by atoms with Crippen LogP contribution in [0.5, 0.6) is 5.75 Å². The fourth-order valence-electron chi connectivity index (χ4n) is 1.85. The summed E-state index contributed by atoms with van der Waals surface area (Å²) < 4.78 is 42.3. The van der Waals surface area contributed by atoms with Gasteiger partial charge in [-0.2, -0.15) is 13.2 Å². The van der Waals surface area contributed by atoms with Crippen LogP contribution in [0.25, 0.3) is 11.1 Å². The van der Waals surface area contributed by atoms with Crippen molar-refractivity contribution in [2.45, 2.75) is 12.3 Å². The fraction of sp³-hybridized carbons (Fsp3) is 0.200. The molecule has 5 heteroatoms. The van der Waals surface area contributed by atoms with Gasteiger partial charge in [0.05, 0.1) is 7.11 Å². The van der Waals surface area contributed by atoms with E-state index in [1.165, 1.54) is 12.1 Å². The lowest BCUT2D eigenvalue weighted by atomic mass is 10.0. The molecule has 2 aromatic carbocycles. The molecule has 0 radical (unpaired) electrons. The maximum atomic E-state index is 12.4. The van der Waals surface area contributed by atoms with Gasteiger partial charge < -0.3 is 9.84 Å². The van der Waals surface area contributed by atoms with Crippen LogP contribution in [-0.4, -0.2) is 18.4 Å². The molecule has 0 saturated carbocycles. The van der Waals surface area contributed by atoms with Crippen molar-refractivity contribution in [3.8, 4) is 16.9 Å². The molecule has 106 valence electrons. The van der Waals surface area contributed by atoms with Crippen LogP contribution in [0.15, 0.2) is 48.5 Å². The Morgan fingerprint density at radius 2 is 1.65 bits per heavy atom. The molecular formula is C15H13F3O2. The maximum absolute atomic E-state index is 12.4. The van der Waals surface area contributed by atoms with Crippen LogP contribution in [0.2, 0.25) is 0 Å². The lowest BCUT2D eigenvalue weighted by Gasteiger charge is -2.15. The van der Waals surface area contributed by atoms with Gasteiger partial charge in [0.25, 0.3) is 0 Å². The molecule has 0 fully saturated rings. The number of aliphatic hydroxyl groups is 1. The summed E-state index contributed by atoms with van der Waals surface area (Å²) >= 11 is 0. The van der Waals surface area contributed by atoms with E-state index < -0.39 is 12.3 Å². The number of hydrogen-bond acceptors (Lipinski definition) is 2. The molecule has 0 aliphatic rings. The van der Waals surface area contributed by atoms with E-state index in [1.807, 2.05) is 6.07 Å². The van der Waals surface area contributed by atoms with E-state index in [-0.39, 0.29) is 5.56 Å². The fourth-order valence-corrected chi connectivity index (χ4v) is 1.85. The maximum Gasteiger partial charge on any atom is 0.418 e. The summed E-state index contributed by atoms with van der Waals surface area (Å²) in [5, 5.41) is 9.16. The first-order valence-electron chi connectivity index (χ1n) is 5.91. The minimum absolute atomic E-state index is 0.177. The van der Waals surface area contributed by atoms with Gasteiger partial charge in [-0.25, -0.2) is 0 Å². The molecule has 0 aromatic heterocycles. The first-order valence-corrected chi connectivity index (χ1v) is 5.91. The number of alkyl halides is 3. The Kier molecular flexibility index (Phi) is 3.99. The third-order valence-electron chi connectivity index (χ3n) is 2.94. The predicted molar refractivity (Wildman–Crippen MR) is 69.4 cm³/mol. The minimum atomic E-state index is -4.66. The van der Waals surface area contributed by atoms with Crippen LogP contribution in [0, 0.1) is 0 Å². The van der Waals surface area contributed by atoms with E-state index in [9.17, 15) is 13.2 Å². The Balaban J connectivity index is 2.28. The zero-order valence-corrected chi connectivity index (χ0v) is 10.7. The Morgan fingerprint density at radius 1 is 1.00 bits per heavy atom. The van der Waals surface area contributed by atoms with Gasteiger partial charge in [0.1, 0.15) is 5.75 Å². The van der Waals surface area contributed by atoms with Crippen molar-refractivity contribution in [3.05, 3.63) is 54.1 Å². The normalized spacial score (nSPS) is 13.1. The molecular weight excluding hydrogens is 269 g/mol. The lowest BCUT2D eigenvalue weighted by molar-refractivity contribution is -0.206. The van der Waals surface area contributed by atoms with Gasteiger partial charge in [-0.05, 0) is 28.8 Å². The Bertz CT molecular complexity index is 576. The molecule has 0 amide bonds. The summed E-state index contributed by atoms with van der Waals surface area (Å²) in [6, 6.07) is 12.8. The molecule has 2 nitrogen and oxygen atoms in total. The van der Waals surface area contributed by atoms with Crippen molar-refractivity contribution < 1.29 is 23.0 Å². The Morgan fingerprint density at radius 3 is 2.20 bits per heavy atom. The van der Waals surface area contributed by atoms with Crippen LogP contribution in [0.4, 0.5) is 13.2 Å². The molecule has 0 heterocycles. The molecule has 0 aliphatic heterocycles. The molecule has 0 bridgehead atoms. The highest BCUT2D eigenvalue weighted by molar-refractivity contribution is 5.65. The standard InChI is InChI=1S/C15H13F3O2/c1-20-13-4-2-3-12(9-13)10-5-7-11(8-6-10)14(19)15(16,17)18/h2-9,14,19H,1H3. The zero-order chi connectivity index (χ0) is 14.8. The average molecular weight is 282 g/mol. The number of benzene rings is 2. The highest BCUT2D eigenvalue weighted by Crippen LogP contribution is 2.33. The summed E-state index contributed by atoms with van der Waals surface area (Å²) in [7, 11) is 1.54. The first-order chi connectivity index (χ1) is 9.41. The van der Waals surface area contributed by atoms with Gasteiger partial charge in [0.2, 0.25) is 0 Å². The second kappa shape index (κ2) is 5.54. The molecule has 1 N–H and O–H groups in total. The average Bonchev–Trinajstić information content (AvgIpc) is 2.46. The zero-order valence-electron chi connectivity index (χ0n) is 10.7. The number of aliphatic hydroxyl groups excluding tert-OH is 1. The van der Waals surface area contributed by atoms with Gasteiger partial charge in [-0.15, -0.1) is 0 Å². The van der Waals surface area contributed by atoms with E-state index >= 15 is 0 Å². The Labute approximate surface area is 114 Å². The van der Waals surface area contributed by atoms with Crippen molar-refractivity contribution in [2.75, 3.05) is 7.11 Å². The number of hydrogen-bond donors (Lipinski definition) is 1. The quantitative estimate of drug-likeness (QED) is 0.923. The summed E-state index contributed by atoms with van der Waals surface area (Å²) in [6.07, 6.45) is -7.11. The van der Waals surface area contributed by atoms with Crippen LogP contribution in [0.3, 0.4) is 0 Å². The van der Waals surface area contributed by atoms with E-state index in [1.54, 1.807) is 37.4 Å². The largest absolute Gasteiger partial charge is 0.497 e. The van der Waals surface area contributed by atoms with Crippen LogP contribution in [0.1, 0.15) is 11.7 Å². The molecule has 20 heavy (non-hydrogen) atoms. The summed E-state index contributed by atoms with van der Waals surface area (Å²) in [4.78, 5) is 0. The minimum Gasteiger partial charge on any atom is -0.497 e. The van der Waals surface area contributed by atoms with Crippen molar-refractivity contribution >= 4 is 0 Å². The van der Waals surface area contributed by atoms with Gasteiger partial charge >= 0.3 is 6.18 Å². The molecule has 0 spiro atoms. The smallest absolute Gasteiger partial charge is 0.418 e. The Hall–Kier alpha value is -2.01. The third kappa shape index (κ3) is 3.11. The number of ether oxygens (including phenoxy) is 1. The van der Waals surface area contributed by atoms with Crippen molar-refractivity contribution in [1.29, 1.82) is 0 Å². The molecule has 1 unspecified atom stereocenters. The molecule has 0 aliphatic carbocycles. The van der Waals surface area contributed by atoms with Crippen LogP contribution in [-0.2, 0) is 0 Å². The third-order valence-corrected chi connectivity index (χ3v) is 2.94. The highest BCUT2D eigenvalue weighted by Gasteiger charge is 2.39. The summed E-state index contributed by atoms with van der Waals surface area (Å²) in [6.45, 7) is 0.